The van der Waals surface area contributed by atoms with Gasteiger partial charge in [-0.25, -0.2) is 9.59 Å². The summed E-state index contributed by atoms with van der Waals surface area (Å²) in [6.07, 6.45) is 1.53. The minimum Gasteiger partial charge on any atom is -0.467 e. The molecule has 3 rings (SSSR count). The SMILES string of the molecule is COC(=O)C(C)NC(=O)C1CN(C(=O)C2CCNCC2)CCN1C(=O)N1CCOCC1. The second kappa shape index (κ2) is 10.8. The van der Waals surface area contributed by atoms with Crippen LogP contribution in [0.2, 0.25) is 0 Å². The smallest absolute Gasteiger partial charge is 0.328 e. The van der Waals surface area contributed by atoms with Gasteiger partial charge in [0.1, 0.15) is 12.1 Å². The molecule has 3 fully saturated rings. The molecule has 3 saturated heterocycles. The number of methoxy groups -OCH3 is 1. The molecule has 2 N–H and O–H groups in total. The van der Waals surface area contributed by atoms with Gasteiger partial charge in [0, 0.05) is 32.1 Å². The molecule has 0 aromatic carbocycles. The maximum Gasteiger partial charge on any atom is 0.328 e. The van der Waals surface area contributed by atoms with E-state index in [0.717, 1.165) is 25.9 Å². The van der Waals surface area contributed by atoms with Crippen molar-refractivity contribution in [1.82, 2.24) is 25.3 Å². The first-order valence-corrected chi connectivity index (χ1v) is 10.9. The van der Waals surface area contributed by atoms with Gasteiger partial charge in [-0.05, 0) is 32.9 Å². The zero-order chi connectivity index (χ0) is 22.4. The summed E-state index contributed by atoms with van der Waals surface area (Å²) >= 11 is 0. The number of rotatable bonds is 4. The lowest BCUT2D eigenvalue weighted by molar-refractivity contribution is -0.147. The molecule has 31 heavy (non-hydrogen) atoms. The van der Waals surface area contributed by atoms with Crippen LogP contribution in [0, 0.1) is 5.92 Å². The highest BCUT2D eigenvalue weighted by Gasteiger charge is 2.41. The molecule has 0 aliphatic carbocycles. The molecule has 0 aromatic heterocycles. The van der Waals surface area contributed by atoms with Crippen LogP contribution < -0.4 is 10.6 Å². The van der Waals surface area contributed by atoms with Crippen LogP contribution in [-0.2, 0) is 23.9 Å². The van der Waals surface area contributed by atoms with Gasteiger partial charge in [-0.3, -0.25) is 9.59 Å². The van der Waals surface area contributed by atoms with E-state index in [-0.39, 0.29) is 30.9 Å². The van der Waals surface area contributed by atoms with Crippen LogP contribution in [0.15, 0.2) is 0 Å². The van der Waals surface area contributed by atoms with Crippen LogP contribution in [0.4, 0.5) is 4.79 Å². The van der Waals surface area contributed by atoms with E-state index in [0.29, 0.717) is 32.8 Å². The Kier molecular flexibility index (Phi) is 8.08. The number of carbonyl (C=O) groups is 4. The van der Waals surface area contributed by atoms with Gasteiger partial charge in [0.25, 0.3) is 0 Å². The van der Waals surface area contributed by atoms with Gasteiger partial charge in [-0.2, -0.15) is 0 Å². The number of urea groups is 1. The third kappa shape index (κ3) is 5.65. The monoisotopic (exact) mass is 439 g/mol. The molecular weight excluding hydrogens is 406 g/mol. The molecule has 11 heteroatoms. The number of piperazine rings is 1. The van der Waals surface area contributed by atoms with Crippen molar-refractivity contribution in [2.45, 2.75) is 31.8 Å². The fraction of sp³-hybridized carbons (Fsp3) is 0.800. The Hall–Kier alpha value is -2.40. The summed E-state index contributed by atoms with van der Waals surface area (Å²) in [5, 5.41) is 5.88. The molecule has 0 radical (unpaired) electrons. The second-order valence-electron chi connectivity index (χ2n) is 8.15. The number of carbonyl (C=O) groups excluding carboxylic acids is 4. The summed E-state index contributed by atoms with van der Waals surface area (Å²) in [4.78, 5) is 55.9. The van der Waals surface area contributed by atoms with Crippen LogP contribution in [0.3, 0.4) is 0 Å². The number of nitrogens with one attached hydrogen (secondary N) is 2. The lowest BCUT2D eigenvalue weighted by Gasteiger charge is -2.44. The van der Waals surface area contributed by atoms with Gasteiger partial charge in [0.15, 0.2) is 0 Å². The molecule has 3 aliphatic heterocycles. The maximum atomic E-state index is 13.1. The molecule has 2 atom stereocenters. The van der Waals surface area contributed by atoms with Crippen molar-refractivity contribution >= 4 is 23.8 Å². The van der Waals surface area contributed by atoms with E-state index >= 15 is 0 Å². The highest BCUT2D eigenvalue weighted by molar-refractivity contribution is 5.91. The number of amides is 4. The first kappa shape index (κ1) is 23.3. The summed E-state index contributed by atoms with van der Waals surface area (Å²) in [7, 11) is 1.25. The van der Waals surface area contributed by atoms with Gasteiger partial charge in [0.2, 0.25) is 11.8 Å². The third-order valence-electron chi connectivity index (χ3n) is 6.12. The van der Waals surface area contributed by atoms with Crippen molar-refractivity contribution < 1.29 is 28.7 Å². The Bertz CT molecular complexity index is 677. The van der Waals surface area contributed by atoms with E-state index in [1.54, 1.807) is 9.80 Å². The maximum absolute atomic E-state index is 13.1. The highest BCUT2D eigenvalue weighted by Crippen LogP contribution is 2.20. The van der Waals surface area contributed by atoms with Crippen molar-refractivity contribution in [3.63, 3.8) is 0 Å². The molecule has 0 aromatic rings. The van der Waals surface area contributed by atoms with Crippen LogP contribution >= 0.6 is 0 Å². The number of hydrogen-bond donors (Lipinski definition) is 2. The van der Waals surface area contributed by atoms with Crippen molar-refractivity contribution in [2.24, 2.45) is 5.92 Å². The van der Waals surface area contributed by atoms with E-state index in [2.05, 4.69) is 15.4 Å². The number of hydrogen-bond acceptors (Lipinski definition) is 7. The zero-order valence-electron chi connectivity index (χ0n) is 18.3. The van der Waals surface area contributed by atoms with E-state index in [1.807, 2.05) is 0 Å². The summed E-state index contributed by atoms with van der Waals surface area (Å²) in [5.74, 6) is -1.08. The largest absolute Gasteiger partial charge is 0.467 e. The predicted octanol–water partition coefficient (Wildman–Crippen LogP) is -1.37. The predicted molar refractivity (Wildman–Crippen MR) is 110 cm³/mol. The minimum absolute atomic E-state index is 0.0267. The Balaban J connectivity index is 1.73. The summed E-state index contributed by atoms with van der Waals surface area (Å²) in [6, 6.07) is -1.97. The van der Waals surface area contributed by atoms with Crippen molar-refractivity contribution in [2.75, 3.05) is 66.1 Å². The normalized spacial score (nSPS) is 23.8. The molecular formula is C20H33N5O6. The second-order valence-corrected chi connectivity index (χ2v) is 8.15. The van der Waals surface area contributed by atoms with Crippen LogP contribution in [0.25, 0.3) is 0 Å². The van der Waals surface area contributed by atoms with Crippen molar-refractivity contribution in [1.29, 1.82) is 0 Å². The van der Waals surface area contributed by atoms with Gasteiger partial charge in [0.05, 0.1) is 26.9 Å². The first-order valence-electron chi connectivity index (χ1n) is 10.9. The van der Waals surface area contributed by atoms with Gasteiger partial charge >= 0.3 is 12.0 Å². The van der Waals surface area contributed by atoms with E-state index < -0.39 is 24.0 Å². The van der Waals surface area contributed by atoms with Gasteiger partial charge < -0.3 is 34.8 Å². The molecule has 3 aliphatic rings. The summed E-state index contributed by atoms with van der Waals surface area (Å²) in [6.45, 7) is 5.70. The Morgan fingerprint density at radius 1 is 1.03 bits per heavy atom. The number of ether oxygens (including phenoxy) is 2. The quantitative estimate of drug-likeness (QED) is 0.519. The van der Waals surface area contributed by atoms with E-state index in [9.17, 15) is 19.2 Å². The molecule has 4 amide bonds. The summed E-state index contributed by atoms with van der Waals surface area (Å²) in [5.41, 5.74) is 0. The number of nitrogens with zero attached hydrogens (tertiary/aromatic N) is 3. The molecule has 3 heterocycles. The Morgan fingerprint density at radius 3 is 2.35 bits per heavy atom. The molecule has 174 valence electrons. The number of piperidine rings is 1. The third-order valence-corrected chi connectivity index (χ3v) is 6.12. The first-order chi connectivity index (χ1) is 14.9. The van der Waals surface area contributed by atoms with Crippen molar-refractivity contribution in [3.05, 3.63) is 0 Å². The number of esters is 1. The standard InChI is InChI=1S/C20H33N5O6/c1-14(19(28)30-2)22-17(26)16-13-24(18(27)15-3-5-21-6-4-15)7-8-25(16)20(29)23-9-11-31-12-10-23/h14-16,21H,3-13H2,1-2H3,(H,22,26). The Morgan fingerprint density at radius 2 is 1.71 bits per heavy atom. The van der Waals surface area contributed by atoms with E-state index in [1.165, 1.54) is 18.9 Å². The topological polar surface area (TPSA) is 121 Å². The van der Waals surface area contributed by atoms with Crippen LogP contribution in [0.5, 0.6) is 0 Å². The van der Waals surface area contributed by atoms with Gasteiger partial charge in [-0.1, -0.05) is 0 Å². The molecule has 0 spiro atoms. The lowest BCUT2D eigenvalue weighted by Crippen LogP contribution is -2.65. The van der Waals surface area contributed by atoms with Crippen LogP contribution in [0.1, 0.15) is 19.8 Å². The molecule has 11 nitrogen and oxygen atoms in total. The zero-order valence-corrected chi connectivity index (χ0v) is 18.3. The van der Waals surface area contributed by atoms with E-state index in [4.69, 9.17) is 4.74 Å². The lowest BCUT2D eigenvalue weighted by atomic mass is 9.95. The molecule has 0 saturated carbocycles. The molecule has 0 bridgehead atoms. The average Bonchev–Trinajstić information content (AvgIpc) is 2.83. The highest BCUT2D eigenvalue weighted by atomic mass is 16.5. The average molecular weight is 440 g/mol. The molecule has 2 unspecified atom stereocenters. The fourth-order valence-electron chi connectivity index (χ4n) is 4.25. The minimum atomic E-state index is -0.873. The Labute approximate surface area is 182 Å². The van der Waals surface area contributed by atoms with Crippen LogP contribution in [-0.4, -0.2) is 117 Å². The summed E-state index contributed by atoms with van der Waals surface area (Å²) < 4.78 is 10.00. The fourth-order valence-corrected chi connectivity index (χ4v) is 4.25. The number of morpholine rings is 1. The van der Waals surface area contributed by atoms with Crippen molar-refractivity contribution in [3.8, 4) is 0 Å². The van der Waals surface area contributed by atoms with Gasteiger partial charge in [-0.15, -0.1) is 0 Å².